The van der Waals surface area contributed by atoms with Crippen molar-refractivity contribution in [3.05, 3.63) is 0 Å². The van der Waals surface area contributed by atoms with Gasteiger partial charge in [-0.25, -0.2) is 5.26 Å². The van der Waals surface area contributed by atoms with Gasteiger partial charge in [0, 0.05) is 6.57 Å². The van der Waals surface area contributed by atoms with E-state index in [-0.39, 0.29) is 4.70 Å². The van der Waals surface area contributed by atoms with Gasteiger partial charge in [0.2, 0.25) is 0 Å². The first-order chi connectivity index (χ1) is 8.58. The van der Waals surface area contributed by atoms with Crippen molar-refractivity contribution < 1.29 is 4.70 Å². The molecule has 0 aromatic rings. The first kappa shape index (κ1) is 20.7. The van der Waals surface area contributed by atoms with Crippen molar-refractivity contribution in [2.24, 2.45) is 23.7 Å². The zero-order valence-electron chi connectivity index (χ0n) is 13.4. The molecule has 2 saturated carbocycles. The predicted molar refractivity (Wildman–Crippen MR) is 82.8 cm³/mol. The second-order valence-electron chi connectivity index (χ2n) is 6.73. The largest absolute Gasteiger partial charge is 0.269 e. The van der Waals surface area contributed by atoms with Crippen LogP contribution in [-0.2, 0) is 0 Å². The summed E-state index contributed by atoms with van der Waals surface area (Å²) in [4.78, 5) is 0. The van der Waals surface area contributed by atoms with Gasteiger partial charge in [0.05, 0.1) is 0 Å². The standard InChI is InChI=1S/2C8H16.CHN.FH/c2*1-7-3-5-8(2)6-4-7;1-2;/h2*7-8H,3-6H2,1-2H3;1H;1H. The smallest absolute Gasteiger partial charge is 0.0462 e. The number of nitrogens with zero attached hydrogens (tertiary/aromatic N) is 1. The molecule has 0 saturated heterocycles. The number of nitriles is 1. The maximum absolute atomic E-state index is 6.50. The van der Waals surface area contributed by atoms with Crippen LogP contribution in [0.1, 0.15) is 79.1 Å². The van der Waals surface area contributed by atoms with Gasteiger partial charge in [0.15, 0.2) is 0 Å². The van der Waals surface area contributed by atoms with E-state index in [0.29, 0.717) is 0 Å². The minimum Gasteiger partial charge on any atom is -0.269 e. The second-order valence-corrected chi connectivity index (χ2v) is 6.73. The van der Waals surface area contributed by atoms with Crippen LogP contribution in [0.5, 0.6) is 0 Å². The van der Waals surface area contributed by atoms with Crippen LogP contribution in [0.25, 0.3) is 0 Å². The van der Waals surface area contributed by atoms with Crippen molar-refractivity contribution in [1.29, 1.82) is 5.26 Å². The van der Waals surface area contributed by atoms with Crippen molar-refractivity contribution in [2.45, 2.75) is 79.1 Å². The molecular weight excluding hydrogens is 237 g/mol. The van der Waals surface area contributed by atoms with E-state index in [1.54, 1.807) is 0 Å². The summed E-state index contributed by atoms with van der Waals surface area (Å²) in [6.45, 7) is 13.0. The molecule has 0 bridgehead atoms. The predicted octanol–water partition coefficient (Wildman–Crippen LogP) is 5.96. The molecule has 0 unspecified atom stereocenters. The van der Waals surface area contributed by atoms with Gasteiger partial charge in [-0.2, -0.15) is 0 Å². The fraction of sp³-hybridized carbons (Fsp3) is 0.941. The lowest BCUT2D eigenvalue weighted by molar-refractivity contribution is 0.308. The fourth-order valence-electron chi connectivity index (χ4n) is 2.85. The van der Waals surface area contributed by atoms with Crippen LogP contribution < -0.4 is 0 Å². The third-order valence-electron chi connectivity index (χ3n) is 4.61. The molecule has 2 aliphatic carbocycles. The average Bonchev–Trinajstić information content (AvgIpc) is 2.40. The molecule has 0 heterocycles. The Kier molecular flexibility index (Phi) is 13.6. The molecule has 2 aliphatic rings. The van der Waals surface area contributed by atoms with Gasteiger partial charge in [-0.05, 0) is 23.7 Å². The molecule has 114 valence electrons. The van der Waals surface area contributed by atoms with E-state index in [4.69, 9.17) is 5.26 Å². The van der Waals surface area contributed by atoms with Gasteiger partial charge >= 0.3 is 0 Å². The Labute approximate surface area is 120 Å². The van der Waals surface area contributed by atoms with Crippen molar-refractivity contribution in [1.82, 2.24) is 0 Å². The monoisotopic (exact) mass is 271 g/mol. The molecule has 0 atom stereocenters. The quantitative estimate of drug-likeness (QED) is 0.533. The van der Waals surface area contributed by atoms with Crippen molar-refractivity contribution in [2.75, 3.05) is 0 Å². The molecule has 2 heteroatoms. The summed E-state index contributed by atoms with van der Waals surface area (Å²) in [5.41, 5.74) is 0. The molecule has 2 fully saturated rings. The van der Waals surface area contributed by atoms with E-state index in [9.17, 15) is 0 Å². The summed E-state index contributed by atoms with van der Waals surface area (Å²) in [6, 6.07) is 0. The zero-order valence-corrected chi connectivity index (χ0v) is 13.4. The lowest BCUT2D eigenvalue weighted by atomic mass is 9.84. The van der Waals surface area contributed by atoms with E-state index < -0.39 is 0 Å². The Morgan fingerprint density at radius 1 is 0.526 bits per heavy atom. The highest BCUT2D eigenvalue weighted by atomic mass is 19.0. The number of hydrogen-bond acceptors (Lipinski definition) is 1. The first-order valence-corrected chi connectivity index (χ1v) is 7.83. The first-order valence-electron chi connectivity index (χ1n) is 7.83. The Hall–Kier alpha value is -0.580. The van der Waals surface area contributed by atoms with Crippen LogP contribution in [0, 0.1) is 35.5 Å². The molecule has 0 amide bonds. The normalized spacial score (nSPS) is 33.6. The van der Waals surface area contributed by atoms with Gasteiger partial charge < -0.3 is 0 Å². The number of hydrogen-bond donors (Lipinski definition) is 0. The molecule has 1 nitrogen and oxygen atoms in total. The molecule has 0 N–H and O–H groups in total. The SMILES string of the molecule is C#N.CC1CCC(C)CC1.CC1CCC(C)CC1.F. The summed E-state index contributed by atoms with van der Waals surface area (Å²) in [5, 5.41) is 6.50. The van der Waals surface area contributed by atoms with Gasteiger partial charge in [0.25, 0.3) is 0 Å². The van der Waals surface area contributed by atoms with Crippen LogP contribution in [0.4, 0.5) is 4.70 Å². The highest BCUT2D eigenvalue weighted by Gasteiger charge is 2.13. The van der Waals surface area contributed by atoms with E-state index in [1.807, 2.05) is 0 Å². The molecular formula is C17H34FN. The minimum absolute atomic E-state index is 0. The van der Waals surface area contributed by atoms with Crippen molar-refractivity contribution >= 4 is 0 Å². The van der Waals surface area contributed by atoms with E-state index in [0.717, 1.165) is 23.7 Å². The summed E-state index contributed by atoms with van der Waals surface area (Å²) in [6.07, 6.45) is 11.8. The second kappa shape index (κ2) is 12.5. The Morgan fingerprint density at radius 3 is 0.737 bits per heavy atom. The maximum Gasteiger partial charge on any atom is 0.0462 e. The number of halogens is 1. The van der Waals surface area contributed by atoms with Crippen LogP contribution in [-0.4, -0.2) is 0 Å². The van der Waals surface area contributed by atoms with Crippen LogP contribution in [0.2, 0.25) is 0 Å². The molecule has 0 aromatic carbocycles. The van der Waals surface area contributed by atoms with Crippen molar-refractivity contribution in [3.63, 3.8) is 0 Å². The average molecular weight is 271 g/mol. The topological polar surface area (TPSA) is 23.8 Å². The van der Waals surface area contributed by atoms with E-state index in [2.05, 4.69) is 34.3 Å². The zero-order chi connectivity index (χ0) is 14.0. The van der Waals surface area contributed by atoms with E-state index in [1.165, 1.54) is 51.4 Å². The Bertz CT molecular complexity index is 159. The summed E-state index contributed by atoms with van der Waals surface area (Å²) >= 11 is 0. The van der Waals surface area contributed by atoms with Crippen LogP contribution in [0.15, 0.2) is 0 Å². The fourth-order valence-corrected chi connectivity index (χ4v) is 2.85. The molecule has 2 rings (SSSR count). The maximum atomic E-state index is 6.50. The third-order valence-corrected chi connectivity index (χ3v) is 4.61. The Morgan fingerprint density at radius 2 is 0.632 bits per heavy atom. The minimum atomic E-state index is 0. The van der Waals surface area contributed by atoms with E-state index >= 15 is 0 Å². The number of rotatable bonds is 0. The van der Waals surface area contributed by atoms with Gasteiger partial charge in [0.1, 0.15) is 0 Å². The lowest BCUT2D eigenvalue weighted by Crippen LogP contribution is -2.08. The van der Waals surface area contributed by atoms with Gasteiger partial charge in [-0.3, -0.25) is 4.70 Å². The summed E-state index contributed by atoms with van der Waals surface area (Å²) in [5.74, 6) is 4.08. The Balaban J connectivity index is 0. The molecule has 19 heavy (non-hydrogen) atoms. The van der Waals surface area contributed by atoms with Crippen molar-refractivity contribution in [3.8, 4) is 6.57 Å². The third kappa shape index (κ3) is 11.0. The molecule has 0 aromatic heterocycles. The van der Waals surface area contributed by atoms with Gasteiger partial charge in [-0.15, -0.1) is 0 Å². The highest BCUT2D eigenvalue weighted by Crippen LogP contribution is 2.27. The lowest BCUT2D eigenvalue weighted by Gasteiger charge is -2.22. The van der Waals surface area contributed by atoms with Gasteiger partial charge in [-0.1, -0.05) is 79.1 Å². The summed E-state index contributed by atoms with van der Waals surface area (Å²) in [7, 11) is 0. The highest BCUT2D eigenvalue weighted by molar-refractivity contribution is 4.66. The van der Waals surface area contributed by atoms with Crippen LogP contribution in [0.3, 0.4) is 0 Å². The van der Waals surface area contributed by atoms with Crippen LogP contribution >= 0.6 is 0 Å². The summed E-state index contributed by atoms with van der Waals surface area (Å²) < 4.78 is 0. The molecule has 0 spiro atoms. The molecule has 0 radical (unpaired) electrons. The molecule has 0 aliphatic heterocycles.